The van der Waals surface area contributed by atoms with Crippen molar-refractivity contribution in [3.63, 3.8) is 0 Å². The van der Waals surface area contributed by atoms with Gasteiger partial charge in [0.05, 0.1) is 6.61 Å². The topological polar surface area (TPSA) is 35.5 Å². The van der Waals surface area contributed by atoms with E-state index in [0.717, 1.165) is 25.9 Å². The van der Waals surface area contributed by atoms with Gasteiger partial charge < -0.3 is 9.47 Å². The molecule has 78 valence electrons. The van der Waals surface area contributed by atoms with Gasteiger partial charge in [-0.15, -0.1) is 0 Å². The van der Waals surface area contributed by atoms with E-state index in [1.165, 1.54) is 0 Å². The van der Waals surface area contributed by atoms with Crippen LogP contribution in [0.4, 0.5) is 0 Å². The number of esters is 1. The smallest absolute Gasteiger partial charge is 0.305 e. The van der Waals surface area contributed by atoms with Crippen LogP contribution in [0.15, 0.2) is 0 Å². The molecule has 0 saturated carbocycles. The Bertz CT molecular complexity index is 123. The molecule has 0 atom stereocenters. The number of ether oxygens (including phenoxy) is 2. The summed E-state index contributed by atoms with van der Waals surface area (Å²) in [6.45, 7) is 5.88. The third-order valence-corrected chi connectivity index (χ3v) is 1.62. The zero-order valence-electron chi connectivity index (χ0n) is 8.67. The van der Waals surface area contributed by atoms with E-state index < -0.39 is 0 Å². The van der Waals surface area contributed by atoms with Crippen LogP contribution < -0.4 is 0 Å². The molecule has 0 bridgehead atoms. The minimum Gasteiger partial charge on any atom is -0.466 e. The predicted molar refractivity (Wildman–Crippen MR) is 51.6 cm³/mol. The molecule has 0 saturated heterocycles. The van der Waals surface area contributed by atoms with Crippen LogP contribution in [0, 0.1) is 0 Å². The van der Waals surface area contributed by atoms with Crippen molar-refractivity contribution in [1.29, 1.82) is 0 Å². The molecule has 0 aromatic carbocycles. The highest BCUT2D eigenvalue weighted by atomic mass is 16.5. The third-order valence-electron chi connectivity index (χ3n) is 1.62. The summed E-state index contributed by atoms with van der Waals surface area (Å²) in [4.78, 5) is 10.9. The van der Waals surface area contributed by atoms with E-state index in [0.29, 0.717) is 19.6 Å². The third kappa shape index (κ3) is 9.34. The number of carbonyl (C=O) groups excluding carboxylic acids is 1. The lowest BCUT2D eigenvalue weighted by atomic mass is 10.3. The molecular weight excluding hydrogens is 168 g/mol. The molecule has 0 aromatic rings. The van der Waals surface area contributed by atoms with Gasteiger partial charge in [0.25, 0.3) is 0 Å². The number of unbranched alkanes of at least 4 members (excludes halogenated alkanes) is 1. The van der Waals surface area contributed by atoms with Crippen LogP contribution >= 0.6 is 0 Å². The molecule has 13 heavy (non-hydrogen) atoms. The molecule has 0 aliphatic rings. The van der Waals surface area contributed by atoms with Crippen molar-refractivity contribution in [2.75, 3.05) is 19.8 Å². The van der Waals surface area contributed by atoms with E-state index in [9.17, 15) is 4.79 Å². The van der Waals surface area contributed by atoms with Gasteiger partial charge in [-0.3, -0.25) is 4.79 Å². The van der Waals surface area contributed by atoms with E-state index in [1.807, 2.05) is 6.92 Å². The Labute approximate surface area is 80.4 Å². The van der Waals surface area contributed by atoms with Crippen LogP contribution in [0.25, 0.3) is 0 Å². The van der Waals surface area contributed by atoms with Gasteiger partial charge in [-0.1, -0.05) is 13.3 Å². The van der Waals surface area contributed by atoms with E-state index in [2.05, 4.69) is 6.92 Å². The lowest BCUT2D eigenvalue weighted by Crippen LogP contribution is -2.06. The SMILES string of the molecule is CCCCOCCCC(=O)OCC. The zero-order valence-corrected chi connectivity index (χ0v) is 8.67. The van der Waals surface area contributed by atoms with Crippen LogP contribution in [-0.2, 0) is 14.3 Å². The van der Waals surface area contributed by atoms with Gasteiger partial charge >= 0.3 is 5.97 Å². The Morgan fingerprint density at radius 1 is 1.15 bits per heavy atom. The summed E-state index contributed by atoms with van der Waals surface area (Å²) in [5.41, 5.74) is 0. The highest BCUT2D eigenvalue weighted by Gasteiger charge is 1.99. The lowest BCUT2D eigenvalue weighted by molar-refractivity contribution is -0.143. The van der Waals surface area contributed by atoms with Crippen LogP contribution in [0.1, 0.15) is 39.5 Å². The fourth-order valence-electron chi connectivity index (χ4n) is 0.900. The van der Waals surface area contributed by atoms with Gasteiger partial charge in [0.15, 0.2) is 0 Å². The summed E-state index contributed by atoms with van der Waals surface area (Å²) < 4.78 is 10.1. The van der Waals surface area contributed by atoms with E-state index in [1.54, 1.807) is 0 Å². The molecule has 0 rings (SSSR count). The van der Waals surface area contributed by atoms with Gasteiger partial charge in [0, 0.05) is 19.6 Å². The Kier molecular flexibility index (Phi) is 9.10. The largest absolute Gasteiger partial charge is 0.466 e. The van der Waals surface area contributed by atoms with Crippen molar-refractivity contribution < 1.29 is 14.3 Å². The standard InChI is InChI=1S/C10H20O3/c1-3-5-8-12-9-6-7-10(11)13-4-2/h3-9H2,1-2H3. The molecule has 0 amide bonds. The first-order valence-electron chi connectivity index (χ1n) is 5.04. The Morgan fingerprint density at radius 3 is 2.46 bits per heavy atom. The molecule has 0 aromatic heterocycles. The van der Waals surface area contributed by atoms with Gasteiger partial charge in [0.2, 0.25) is 0 Å². The molecule has 3 nitrogen and oxygen atoms in total. The first-order valence-corrected chi connectivity index (χ1v) is 5.04. The van der Waals surface area contributed by atoms with Gasteiger partial charge in [-0.2, -0.15) is 0 Å². The number of hydrogen-bond acceptors (Lipinski definition) is 3. The van der Waals surface area contributed by atoms with E-state index >= 15 is 0 Å². The van der Waals surface area contributed by atoms with Crippen molar-refractivity contribution in [3.05, 3.63) is 0 Å². The average molecular weight is 188 g/mol. The number of rotatable bonds is 8. The zero-order chi connectivity index (χ0) is 9.94. The molecular formula is C10H20O3. The fourth-order valence-corrected chi connectivity index (χ4v) is 0.900. The van der Waals surface area contributed by atoms with Crippen LogP contribution in [0.2, 0.25) is 0 Å². The van der Waals surface area contributed by atoms with Gasteiger partial charge in [-0.05, 0) is 19.8 Å². The second-order valence-electron chi connectivity index (χ2n) is 2.87. The number of hydrogen-bond donors (Lipinski definition) is 0. The van der Waals surface area contributed by atoms with E-state index in [4.69, 9.17) is 9.47 Å². The molecule has 0 aliphatic carbocycles. The predicted octanol–water partition coefficient (Wildman–Crippen LogP) is 2.15. The maximum absolute atomic E-state index is 10.9. The highest BCUT2D eigenvalue weighted by molar-refractivity contribution is 5.69. The first kappa shape index (κ1) is 12.4. The lowest BCUT2D eigenvalue weighted by Gasteiger charge is -2.03. The minimum absolute atomic E-state index is 0.124. The Morgan fingerprint density at radius 2 is 1.85 bits per heavy atom. The Balaban J connectivity index is 3.02. The van der Waals surface area contributed by atoms with Crippen molar-refractivity contribution in [3.8, 4) is 0 Å². The molecule has 0 radical (unpaired) electrons. The number of carbonyl (C=O) groups is 1. The molecule has 0 spiro atoms. The van der Waals surface area contributed by atoms with Gasteiger partial charge in [-0.25, -0.2) is 0 Å². The Hall–Kier alpha value is -0.570. The molecule has 0 N–H and O–H groups in total. The van der Waals surface area contributed by atoms with E-state index in [-0.39, 0.29) is 5.97 Å². The normalized spacial score (nSPS) is 10.0. The average Bonchev–Trinajstić information content (AvgIpc) is 2.11. The van der Waals surface area contributed by atoms with Gasteiger partial charge in [0.1, 0.15) is 0 Å². The van der Waals surface area contributed by atoms with Crippen molar-refractivity contribution in [1.82, 2.24) is 0 Å². The van der Waals surface area contributed by atoms with Crippen molar-refractivity contribution in [2.45, 2.75) is 39.5 Å². The highest BCUT2D eigenvalue weighted by Crippen LogP contribution is 1.95. The second kappa shape index (κ2) is 9.52. The summed E-state index contributed by atoms with van der Waals surface area (Å²) in [6.07, 6.45) is 3.49. The maximum Gasteiger partial charge on any atom is 0.305 e. The first-order chi connectivity index (χ1) is 6.31. The van der Waals surface area contributed by atoms with Crippen LogP contribution in [0.5, 0.6) is 0 Å². The molecule has 3 heteroatoms. The summed E-state index contributed by atoms with van der Waals surface area (Å²) in [5, 5.41) is 0. The quantitative estimate of drug-likeness (QED) is 0.432. The van der Waals surface area contributed by atoms with Crippen molar-refractivity contribution >= 4 is 5.97 Å². The fraction of sp³-hybridized carbons (Fsp3) is 0.900. The summed E-state index contributed by atoms with van der Waals surface area (Å²) >= 11 is 0. The maximum atomic E-state index is 10.9. The van der Waals surface area contributed by atoms with Crippen LogP contribution in [0.3, 0.4) is 0 Å². The second-order valence-corrected chi connectivity index (χ2v) is 2.87. The molecule has 0 aliphatic heterocycles. The summed E-state index contributed by atoms with van der Waals surface area (Å²) in [5.74, 6) is -0.124. The summed E-state index contributed by atoms with van der Waals surface area (Å²) in [6, 6.07) is 0. The molecule has 0 fully saturated rings. The molecule has 0 heterocycles. The van der Waals surface area contributed by atoms with Crippen molar-refractivity contribution in [2.24, 2.45) is 0 Å². The summed E-state index contributed by atoms with van der Waals surface area (Å²) in [7, 11) is 0. The van der Waals surface area contributed by atoms with Crippen LogP contribution in [-0.4, -0.2) is 25.8 Å². The minimum atomic E-state index is -0.124. The molecule has 0 unspecified atom stereocenters. The monoisotopic (exact) mass is 188 g/mol.